The third-order valence-electron chi connectivity index (χ3n) is 2.93. The van der Waals surface area contributed by atoms with Gasteiger partial charge in [0.15, 0.2) is 0 Å². The van der Waals surface area contributed by atoms with Crippen molar-refractivity contribution in [2.75, 3.05) is 59.9 Å². The van der Waals surface area contributed by atoms with Crippen LogP contribution in [0.2, 0.25) is 0 Å². The lowest BCUT2D eigenvalue weighted by molar-refractivity contribution is -0.000915. The van der Waals surface area contributed by atoms with Crippen LogP contribution in [0.1, 0.15) is 27.2 Å². The van der Waals surface area contributed by atoms with E-state index in [0.29, 0.717) is 51.6 Å². The Morgan fingerprint density at radius 1 is 0.850 bits per heavy atom. The van der Waals surface area contributed by atoms with Crippen LogP contribution in [-0.4, -0.2) is 65.9 Å². The molecule has 1 unspecified atom stereocenters. The lowest BCUT2D eigenvalue weighted by Crippen LogP contribution is -2.38. The van der Waals surface area contributed by atoms with Gasteiger partial charge in [0.2, 0.25) is 0 Å². The number of hydrogen-bond acceptors (Lipinski definition) is 5. The van der Waals surface area contributed by atoms with Crippen molar-refractivity contribution in [2.45, 2.75) is 33.2 Å². The number of rotatable bonds is 15. The van der Waals surface area contributed by atoms with Crippen LogP contribution in [0.4, 0.5) is 0 Å². The average Bonchev–Trinajstić information content (AvgIpc) is 2.43. The summed E-state index contributed by atoms with van der Waals surface area (Å²) in [4.78, 5) is 0. The number of nitrogens with one attached hydrogen (secondary N) is 1. The fourth-order valence-corrected chi connectivity index (χ4v) is 1.61. The van der Waals surface area contributed by atoms with Crippen LogP contribution in [0.5, 0.6) is 0 Å². The first-order valence-corrected chi connectivity index (χ1v) is 7.67. The molecule has 1 N–H and O–H groups in total. The number of methoxy groups -OCH3 is 1. The van der Waals surface area contributed by atoms with E-state index in [0.717, 1.165) is 19.6 Å². The molecule has 0 aromatic rings. The second-order valence-electron chi connectivity index (χ2n) is 5.10. The molecule has 0 bridgehead atoms. The van der Waals surface area contributed by atoms with Crippen LogP contribution < -0.4 is 5.32 Å². The number of ether oxygens (including phenoxy) is 4. The molecule has 0 amide bonds. The molecule has 0 rings (SSSR count). The summed E-state index contributed by atoms with van der Waals surface area (Å²) < 4.78 is 21.3. The van der Waals surface area contributed by atoms with Crippen molar-refractivity contribution in [1.82, 2.24) is 5.32 Å². The molecule has 0 aliphatic carbocycles. The van der Waals surface area contributed by atoms with Gasteiger partial charge in [-0.05, 0) is 18.9 Å². The summed E-state index contributed by atoms with van der Waals surface area (Å²) in [5, 5.41) is 3.50. The molecule has 0 heterocycles. The molecule has 0 aromatic carbocycles. The van der Waals surface area contributed by atoms with Gasteiger partial charge >= 0.3 is 0 Å². The fraction of sp³-hybridized carbons (Fsp3) is 1.00. The minimum absolute atomic E-state index is 0.423. The predicted octanol–water partition coefficient (Wildman–Crippen LogP) is 1.71. The van der Waals surface area contributed by atoms with Gasteiger partial charge in [-0.25, -0.2) is 0 Å². The van der Waals surface area contributed by atoms with Gasteiger partial charge in [0.1, 0.15) is 0 Å². The highest BCUT2D eigenvalue weighted by Crippen LogP contribution is 2.02. The van der Waals surface area contributed by atoms with E-state index in [9.17, 15) is 0 Å². The van der Waals surface area contributed by atoms with Crippen molar-refractivity contribution >= 4 is 0 Å². The standard InChI is InChI=1S/C15H33NO4/c1-5-6-16-15(14(2)3)13-20-12-11-19-10-9-18-8-7-17-4/h14-16H,5-13H2,1-4H3. The quantitative estimate of drug-likeness (QED) is 0.465. The van der Waals surface area contributed by atoms with Gasteiger partial charge in [0, 0.05) is 13.2 Å². The zero-order valence-corrected chi connectivity index (χ0v) is 13.7. The maximum atomic E-state index is 5.65. The van der Waals surface area contributed by atoms with Crippen molar-refractivity contribution in [1.29, 1.82) is 0 Å². The van der Waals surface area contributed by atoms with Crippen LogP contribution in [0.25, 0.3) is 0 Å². The third kappa shape index (κ3) is 12.8. The summed E-state index contributed by atoms with van der Waals surface area (Å²) in [7, 11) is 1.66. The maximum absolute atomic E-state index is 5.65. The average molecular weight is 291 g/mol. The Hall–Kier alpha value is -0.200. The van der Waals surface area contributed by atoms with E-state index < -0.39 is 0 Å². The Kier molecular flexibility index (Phi) is 15.0. The first kappa shape index (κ1) is 19.8. The second kappa shape index (κ2) is 15.2. The highest BCUT2D eigenvalue weighted by molar-refractivity contribution is 4.69. The normalized spacial score (nSPS) is 13.1. The Bertz CT molecular complexity index is 191. The van der Waals surface area contributed by atoms with E-state index in [4.69, 9.17) is 18.9 Å². The first-order chi connectivity index (χ1) is 9.72. The van der Waals surface area contributed by atoms with Crippen molar-refractivity contribution in [3.8, 4) is 0 Å². The van der Waals surface area contributed by atoms with Gasteiger partial charge in [0.05, 0.1) is 46.2 Å². The molecule has 0 aliphatic heterocycles. The minimum atomic E-state index is 0.423. The van der Waals surface area contributed by atoms with Crippen molar-refractivity contribution in [2.24, 2.45) is 5.92 Å². The topological polar surface area (TPSA) is 49.0 Å². The predicted molar refractivity (Wildman–Crippen MR) is 81.3 cm³/mol. The van der Waals surface area contributed by atoms with E-state index in [1.165, 1.54) is 0 Å². The van der Waals surface area contributed by atoms with Gasteiger partial charge in [-0.2, -0.15) is 0 Å². The molecule has 0 spiro atoms. The Morgan fingerprint density at radius 2 is 1.40 bits per heavy atom. The maximum Gasteiger partial charge on any atom is 0.0701 e. The SMILES string of the molecule is CCCNC(COCCOCCOCCOC)C(C)C. The molecule has 122 valence electrons. The fourth-order valence-electron chi connectivity index (χ4n) is 1.61. The molecular weight excluding hydrogens is 258 g/mol. The summed E-state index contributed by atoms with van der Waals surface area (Å²) in [5.74, 6) is 0.580. The summed E-state index contributed by atoms with van der Waals surface area (Å²) in [6, 6.07) is 0.423. The van der Waals surface area contributed by atoms with E-state index in [1.807, 2.05) is 0 Å². The highest BCUT2D eigenvalue weighted by atomic mass is 16.6. The summed E-state index contributed by atoms with van der Waals surface area (Å²) in [5.41, 5.74) is 0. The monoisotopic (exact) mass is 291 g/mol. The lowest BCUT2D eigenvalue weighted by Gasteiger charge is -2.22. The zero-order chi connectivity index (χ0) is 15.1. The highest BCUT2D eigenvalue weighted by Gasteiger charge is 2.11. The first-order valence-electron chi connectivity index (χ1n) is 7.67. The van der Waals surface area contributed by atoms with Crippen LogP contribution in [-0.2, 0) is 18.9 Å². The Balaban J connectivity index is 3.32. The van der Waals surface area contributed by atoms with E-state index in [1.54, 1.807) is 7.11 Å². The van der Waals surface area contributed by atoms with E-state index in [2.05, 4.69) is 26.1 Å². The Morgan fingerprint density at radius 3 is 1.90 bits per heavy atom. The summed E-state index contributed by atoms with van der Waals surface area (Å²) in [6.07, 6.45) is 1.15. The molecule has 0 aromatic heterocycles. The zero-order valence-electron chi connectivity index (χ0n) is 13.7. The lowest BCUT2D eigenvalue weighted by atomic mass is 10.1. The molecule has 0 radical (unpaired) electrons. The minimum Gasteiger partial charge on any atom is -0.382 e. The molecule has 1 atom stereocenters. The van der Waals surface area contributed by atoms with Gasteiger partial charge in [0.25, 0.3) is 0 Å². The molecule has 0 saturated carbocycles. The van der Waals surface area contributed by atoms with Gasteiger partial charge in [-0.3, -0.25) is 0 Å². The second-order valence-corrected chi connectivity index (χ2v) is 5.10. The van der Waals surface area contributed by atoms with Crippen molar-refractivity contribution < 1.29 is 18.9 Å². The summed E-state index contributed by atoms with van der Waals surface area (Å²) >= 11 is 0. The molecular formula is C15H33NO4. The van der Waals surface area contributed by atoms with Crippen LogP contribution >= 0.6 is 0 Å². The molecule has 0 saturated heterocycles. The Labute approximate surface area is 124 Å². The molecule has 5 heteroatoms. The van der Waals surface area contributed by atoms with Crippen LogP contribution in [0, 0.1) is 5.92 Å². The van der Waals surface area contributed by atoms with Crippen LogP contribution in [0.15, 0.2) is 0 Å². The third-order valence-corrected chi connectivity index (χ3v) is 2.93. The van der Waals surface area contributed by atoms with Crippen LogP contribution in [0.3, 0.4) is 0 Å². The molecule has 0 aliphatic rings. The van der Waals surface area contributed by atoms with Gasteiger partial charge < -0.3 is 24.3 Å². The van der Waals surface area contributed by atoms with Gasteiger partial charge in [-0.1, -0.05) is 20.8 Å². The van der Waals surface area contributed by atoms with Crippen molar-refractivity contribution in [3.63, 3.8) is 0 Å². The van der Waals surface area contributed by atoms with Gasteiger partial charge in [-0.15, -0.1) is 0 Å². The smallest absolute Gasteiger partial charge is 0.0701 e. The molecule has 20 heavy (non-hydrogen) atoms. The summed E-state index contributed by atoms with van der Waals surface area (Å²) in [6.45, 7) is 12.1. The van der Waals surface area contributed by atoms with Crippen molar-refractivity contribution in [3.05, 3.63) is 0 Å². The largest absolute Gasteiger partial charge is 0.382 e. The van der Waals surface area contributed by atoms with E-state index in [-0.39, 0.29) is 0 Å². The molecule has 5 nitrogen and oxygen atoms in total. The van der Waals surface area contributed by atoms with E-state index >= 15 is 0 Å². The number of hydrogen-bond donors (Lipinski definition) is 1. The molecule has 0 fully saturated rings.